The highest BCUT2D eigenvalue weighted by atomic mass is 16.1. The molecule has 1 N–H and O–H groups in total. The predicted molar refractivity (Wildman–Crippen MR) is 83.0 cm³/mol. The summed E-state index contributed by atoms with van der Waals surface area (Å²) in [6.07, 6.45) is 1.44. The highest BCUT2D eigenvalue weighted by Gasteiger charge is 2.26. The second kappa shape index (κ2) is 5.28. The van der Waals surface area contributed by atoms with Crippen molar-refractivity contribution in [1.82, 2.24) is 9.97 Å². The van der Waals surface area contributed by atoms with Crippen LogP contribution in [0.2, 0.25) is 0 Å². The standard InChI is InChI=1S/C17H19N3O/c1-10-5-4-6-13(7-10)19-17-18-12(3)16-14(20-17)8-11(2)9-15(16)21/h4-7,11H,8-9H2,1-3H3,(H,18,19,20)/t11-/m0/s1. The van der Waals surface area contributed by atoms with Crippen LogP contribution in [0.15, 0.2) is 24.3 Å². The largest absolute Gasteiger partial charge is 0.324 e. The summed E-state index contributed by atoms with van der Waals surface area (Å²) in [5, 5.41) is 3.23. The van der Waals surface area contributed by atoms with Gasteiger partial charge in [0.15, 0.2) is 5.78 Å². The fourth-order valence-corrected chi connectivity index (χ4v) is 2.87. The molecule has 0 fully saturated rings. The van der Waals surface area contributed by atoms with Crippen molar-refractivity contribution in [3.63, 3.8) is 0 Å². The molecule has 1 heterocycles. The SMILES string of the molecule is Cc1cccc(Nc2nc(C)c3c(n2)C[C@H](C)CC3=O)c1. The summed E-state index contributed by atoms with van der Waals surface area (Å²) in [6, 6.07) is 8.07. The third kappa shape index (κ3) is 2.79. The molecule has 0 radical (unpaired) electrons. The maximum Gasteiger partial charge on any atom is 0.227 e. The van der Waals surface area contributed by atoms with E-state index in [0.29, 0.717) is 18.3 Å². The van der Waals surface area contributed by atoms with E-state index in [9.17, 15) is 4.79 Å². The number of ketones is 1. The van der Waals surface area contributed by atoms with E-state index in [1.807, 2.05) is 38.1 Å². The van der Waals surface area contributed by atoms with Crippen LogP contribution in [0.25, 0.3) is 0 Å². The summed E-state index contributed by atoms with van der Waals surface area (Å²) in [7, 11) is 0. The van der Waals surface area contributed by atoms with Crippen LogP contribution in [0.1, 0.15) is 40.7 Å². The number of fused-ring (bicyclic) bond motifs is 1. The normalized spacial score (nSPS) is 17.5. The molecule has 108 valence electrons. The van der Waals surface area contributed by atoms with Gasteiger partial charge in [-0.25, -0.2) is 9.97 Å². The Morgan fingerprint density at radius 3 is 2.76 bits per heavy atom. The number of carbonyl (C=O) groups is 1. The van der Waals surface area contributed by atoms with E-state index in [0.717, 1.165) is 29.1 Å². The number of rotatable bonds is 2. The minimum atomic E-state index is 0.170. The van der Waals surface area contributed by atoms with Gasteiger partial charge in [0.05, 0.1) is 17.0 Å². The minimum Gasteiger partial charge on any atom is -0.324 e. The molecule has 0 spiro atoms. The van der Waals surface area contributed by atoms with Crippen molar-refractivity contribution in [3.05, 3.63) is 46.8 Å². The van der Waals surface area contributed by atoms with Crippen molar-refractivity contribution in [3.8, 4) is 0 Å². The van der Waals surface area contributed by atoms with Gasteiger partial charge >= 0.3 is 0 Å². The molecule has 4 nitrogen and oxygen atoms in total. The van der Waals surface area contributed by atoms with Gasteiger partial charge in [0.2, 0.25) is 5.95 Å². The molecule has 1 aromatic heterocycles. The first kappa shape index (κ1) is 13.7. The highest BCUT2D eigenvalue weighted by molar-refractivity contribution is 5.99. The van der Waals surface area contributed by atoms with Gasteiger partial charge in [-0.3, -0.25) is 4.79 Å². The molecule has 1 aliphatic rings. The molecule has 21 heavy (non-hydrogen) atoms. The van der Waals surface area contributed by atoms with Gasteiger partial charge in [0.1, 0.15) is 0 Å². The second-order valence-corrected chi connectivity index (χ2v) is 5.89. The lowest BCUT2D eigenvalue weighted by Crippen LogP contribution is -2.22. The summed E-state index contributed by atoms with van der Waals surface area (Å²) >= 11 is 0. The summed E-state index contributed by atoms with van der Waals surface area (Å²) in [5.41, 5.74) is 4.51. The first-order valence-corrected chi connectivity index (χ1v) is 7.27. The number of nitrogens with zero attached hydrogens (tertiary/aromatic N) is 2. The Labute approximate surface area is 124 Å². The van der Waals surface area contributed by atoms with E-state index >= 15 is 0 Å². The fourth-order valence-electron chi connectivity index (χ4n) is 2.87. The number of Topliss-reactive ketones (excluding diaryl/α,β-unsaturated/α-hetero) is 1. The van der Waals surface area contributed by atoms with Gasteiger partial charge in [-0.1, -0.05) is 19.1 Å². The Hall–Kier alpha value is -2.23. The molecule has 0 bridgehead atoms. The van der Waals surface area contributed by atoms with E-state index in [1.165, 1.54) is 5.56 Å². The number of hydrogen-bond acceptors (Lipinski definition) is 4. The smallest absolute Gasteiger partial charge is 0.227 e. The number of anilines is 2. The Balaban J connectivity index is 1.96. The maximum absolute atomic E-state index is 12.1. The minimum absolute atomic E-state index is 0.170. The van der Waals surface area contributed by atoms with Crippen molar-refractivity contribution in [2.45, 2.75) is 33.6 Å². The summed E-state index contributed by atoms with van der Waals surface area (Å²) in [4.78, 5) is 21.1. The molecule has 1 atom stereocenters. The van der Waals surface area contributed by atoms with Crippen LogP contribution >= 0.6 is 0 Å². The number of carbonyl (C=O) groups excluding carboxylic acids is 1. The van der Waals surface area contributed by atoms with E-state index in [4.69, 9.17) is 0 Å². The van der Waals surface area contributed by atoms with Crippen molar-refractivity contribution in [2.75, 3.05) is 5.32 Å². The summed E-state index contributed by atoms with van der Waals surface area (Å²) in [5.74, 6) is 1.09. The third-order valence-corrected chi connectivity index (χ3v) is 3.79. The van der Waals surface area contributed by atoms with Crippen molar-refractivity contribution in [1.29, 1.82) is 0 Å². The Morgan fingerprint density at radius 2 is 2.00 bits per heavy atom. The third-order valence-electron chi connectivity index (χ3n) is 3.79. The van der Waals surface area contributed by atoms with Gasteiger partial charge in [0.25, 0.3) is 0 Å². The zero-order valence-corrected chi connectivity index (χ0v) is 12.6. The lowest BCUT2D eigenvalue weighted by molar-refractivity contribution is 0.0951. The molecule has 0 aliphatic heterocycles. The first-order valence-electron chi connectivity index (χ1n) is 7.27. The lowest BCUT2D eigenvalue weighted by Gasteiger charge is -2.21. The molecule has 1 aromatic carbocycles. The second-order valence-electron chi connectivity index (χ2n) is 5.89. The Bertz CT molecular complexity index is 709. The molecule has 1 aliphatic carbocycles. The van der Waals surface area contributed by atoms with Crippen LogP contribution in [0.3, 0.4) is 0 Å². The quantitative estimate of drug-likeness (QED) is 0.913. The number of aromatic nitrogens is 2. The van der Waals surface area contributed by atoms with Crippen molar-refractivity contribution in [2.24, 2.45) is 5.92 Å². The molecule has 4 heteroatoms. The molecular weight excluding hydrogens is 262 g/mol. The molecule has 0 saturated carbocycles. The number of hydrogen-bond donors (Lipinski definition) is 1. The lowest BCUT2D eigenvalue weighted by atomic mass is 9.86. The van der Waals surface area contributed by atoms with Gasteiger partial charge in [0, 0.05) is 12.1 Å². The zero-order valence-electron chi connectivity index (χ0n) is 12.6. The van der Waals surface area contributed by atoms with Gasteiger partial charge in [-0.15, -0.1) is 0 Å². The summed E-state index contributed by atoms with van der Waals surface area (Å²) in [6.45, 7) is 6.02. The average Bonchev–Trinajstić information content (AvgIpc) is 2.37. The topological polar surface area (TPSA) is 54.9 Å². The van der Waals surface area contributed by atoms with E-state index in [1.54, 1.807) is 0 Å². The molecule has 0 unspecified atom stereocenters. The van der Waals surface area contributed by atoms with Gasteiger partial charge in [-0.05, 0) is 43.9 Å². The van der Waals surface area contributed by atoms with Crippen LogP contribution in [0, 0.1) is 19.8 Å². The zero-order chi connectivity index (χ0) is 15.0. The van der Waals surface area contributed by atoms with Crippen LogP contribution in [0.5, 0.6) is 0 Å². The molecule has 3 rings (SSSR count). The Kier molecular flexibility index (Phi) is 3.45. The molecular formula is C17H19N3O. The van der Waals surface area contributed by atoms with Crippen LogP contribution in [-0.2, 0) is 6.42 Å². The van der Waals surface area contributed by atoms with Gasteiger partial charge < -0.3 is 5.32 Å². The number of nitrogens with one attached hydrogen (secondary N) is 1. The van der Waals surface area contributed by atoms with Crippen LogP contribution in [-0.4, -0.2) is 15.8 Å². The number of aryl methyl sites for hydroxylation is 2. The molecule has 2 aromatic rings. The monoisotopic (exact) mass is 281 g/mol. The molecule has 0 saturated heterocycles. The average molecular weight is 281 g/mol. The van der Waals surface area contributed by atoms with Crippen LogP contribution < -0.4 is 5.32 Å². The highest BCUT2D eigenvalue weighted by Crippen LogP contribution is 2.27. The number of benzene rings is 1. The molecule has 0 amide bonds. The van der Waals surface area contributed by atoms with Crippen LogP contribution in [0.4, 0.5) is 11.6 Å². The predicted octanol–water partition coefficient (Wildman–Crippen LogP) is 3.60. The van der Waals surface area contributed by atoms with Crippen molar-refractivity contribution < 1.29 is 4.79 Å². The maximum atomic E-state index is 12.1. The van der Waals surface area contributed by atoms with Gasteiger partial charge in [-0.2, -0.15) is 0 Å². The Morgan fingerprint density at radius 1 is 1.19 bits per heavy atom. The van der Waals surface area contributed by atoms with E-state index < -0.39 is 0 Å². The summed E-state index contributed by atoms with van der Waals surface area (Å²) < 4.78 is 0. The van der Waals surface area contributed by atoms with E-state index in [2.05, 4.69) is 22.2 Å². The fraction of sp³-hybridized carbons (Fsp3) is 0.353. The first-order chi connectivity index (χ1) is 10.0. The van der Waals surface area contributed by atoms with E-state index in [-0.39, 0.29) is 5.78 Å². The van der Waals surface area contributed by atoms with Crippen molar-refractivity contribution >= 4 is 17.4 Å².